The number of hydrogen-bond acceptors (Lipinski definition) is 3. The van der Waals surface area contributed by atoms with Crippen LogP contribution >= 0.6 is 0 Å². The maximum Gasteiger partial charge on any atom is 0.0830 e. The van der Waals surface area contributed by atoms with Crippen LogP contribution in [-0.4, -0.2) is 49.3 Å². The first-order valence-corrected chi connectivity index (χ1v) is 6.36. The molecule has 2 saturated heterocycles. The normalized spacial score (nSPS) is 39.2. The number of rotatable bonds is 2. The second-order valence-electron chi connectivity index (χ2n) is 5.07. The maximum atomic E-state index is 5.93. The summed E-state index contributed by atoms with van der Waals surface area (Å²) in [6, 6.07) is 0.750. The molecule has 88 valence electrons. The summed E-state index contributed by atoms with van der Waals surface area (Å²) in [5, 5.41) is 3.44. The molecule has 1 unspecified atom stereocenters. The summed E-state index contributed by atoms with van der Waals surface area (Å²) in [7, 11) is 0. The quantitative estimate of drug-likeness (QED) is 0.745. The fourth-order valence-corrected chi connectivity index (χ4v) is 2.67. The standard InChI is InChI=1S/C12H24N2O/c1-10-5-3-4-6-14(10)9-12-8-13-7-11(2)15-12/h10-13H,3-9H2,1-2H3/t10?,11-,12+/m1/s1. The van der Waals surface area contributed by atoms with Gasteiger partial charge in [0.1, 0.15) is 0 Å². The molecule has 3 nitrogen and oxygen atoms in total. The Hall–Kier alpha value is -0.120. The lowest BCUT2D eigenvalue weighted by Gasteiger charge is -2.38. The second-order valence-corrected chi connectivity index (χ2v) is 5.07. The molecule has 2 aliphatic rings. The molecule has 15 heavy (non-hydrogen) atoms. The number of nitrogens with zero attached hydrogens (tertiary/aromatic N) is 1. The molecule has 0 radical (unpaired) electrons. The molecule has 0 aromatic rings. The van der Waals surface area contributed by atoms with Crippen molar-refractivity contribution in [3.8, 4) is 0 Å². The van der Waals surface area contributed by atoms with Crippen LogP contribution in [0.25, 0.3) is 0 Å². The van der Waals surface area contributed by atoms with Gasteiger partial charge in [-0.05, 0) is 33.2 Å². The highest BCUT2D eigenvalue weighted by Crippen LogP contribution is 2.17. The van der Waals surface area contributed by atoms with Gasteiger partial charge < -0.3 is 10.1 Å². The molecule has 0 bridgehead atoms. The number of nitrogens with one attached hydrogen (secondary N) is 1. The second kappa shape index (κ2) is 5.28. The molecular formula is C12H24N2O. The fourth-order valence-electron chi connectivity index (χ4n) is 2.67. The van der Waals surface area contributed by atoms with Crippen LogP contribution < -0.4 is 5.32 Å². The van der Waals surface area contributed by atoms with Gasteiger partial charge in [-0.1, -0.05) is 6.42 Å². The zero-order valence-electron chi connectivity index (χ0n) is 10.0. The van der Waals surface area contributed by atoms with Crippen LogP contribution in [0.3, 0.4) is 0 Å². The van der Waals surface area contributed by atoms with Crippen LogP contribution in [0.5, 0.6) is 0 Å². The smallest absolute Gasteiger partial charge is 0.0830 e. The van der Waals surface area contributed by atoms with E-state index in [9.17, 15) is 0 Å². The van der Waals surface area contributed by atoms with Crippen LogP contribution in [0.1, 0.15) is 33.1 Å². The first-order chi connectivity index (χ1) is 7.25. The predicted octanol–water partition coefficient (Wildman–Crippen LogP) is 1.24. The van der Waals surface area contributed by atoms with E-state index in [1.54, 1.807) is 0 Å². The summed E-state index contributed by atoms with van der Waals surface area (Å²) < 4.78 is 5.93. The summed E-state index contributed by atoms with van der Waals surface area (Å²) in [6.07, 6.45) is 4.89. The van der Waals surface area contributed by atoms with Gasteiger partial charge >= 0.3 is 0 Å². The average molecular weight is 212 g/mol. The lowest BCUT2D eigenvalue weighted by atomic mass is 10.0. The molecule has 2 fully saturated rings. The SMILES string of the molecule is CC1CCCCN1C[C@@H]1CNC[C@@H](C)O1. The zero-order chi connectivity index (χ0) is 10.7. The largest absolute Gasteiger partial charge is 0.371 e. The van der Waals surface area contributed by atoms with Gasteiger partial charge in [-0.25, -0.2) is 0 Å². The van der Waals surface area contributed by atoms with E-state index in [0.717, 1.165) is 25.7 Å². The molecule has 3 atom stereocenters. The monoisotopic (exact) mass is 212 g/mol. The Labute approximate surface area is 93.2 Å². The summed E-state index contributed by atoms with van der Waals surface area (Å²) in [6.45, 7) is 8.89. The van der Waals surface area contributed by atoms with Crippen LogP contribution in [0.4, 0.5) is 0 Å². The Morgan fingerprint density at radius 2 is 2.13 bits per heavy atom. The molecule has 0 spiro atoms. The zero-order valence-corrected chi connectivity index (χ0v) is 10.0. The van der Waals surface area contributed by atoms with Gasteiger partial charge in [-0.3, -0.25) is 4.90 Å². The van der Waals surface area contributed by atoms with E-state index in [1.807, 2.05) is 0 Å². The number of hydrogen-bond donors (Lipinski definition) is 1. The molecular weight excluding hydrogens is 188 g/mol. The molecule has 0 aromatic carbocycles. The van der Waals surface area contributed by atoms with E-state index < -0.39 is 0 Å². The molecule has 0 amide bonds. The van der Waals surface area contributed by atoms with E-state index in [-0.39, 0.29) is 0 Å². The van der Waals surface area contributed by atoms with Crippen molar-refractivity contribution in [1.29, 1.82) is 0 Å². The van der Waals surface area contributed by atoms with Crippen molar-refractivity contribution in [2.24, 2.45) is 0 Å². The third kappa shape index (κ3) is 3.16. The van der Waals surface area contributed by atoms with E-state index >= 15 is 0 Å². The van der Waals surface area contributed by atoms with Crippen molar-refractivity contribution in [2.45, 2.75) is 51.4 Å². The Kier molecular flexibility index (Phi) is 4.00. The van der Waals surface area contributed by atoms with Crippen molar-refractivity contribution < 1.29 is 4.74 Å². The van der Waals surface area contributed by atoms with Crippen LogP contribution in [-0.2, 0) is 4.74 Å². The first kappa shape index (κ1) is 11.4. The molecule has 0 aliphatic carbocycles. The van der Waals surface area contributed by atoms with E-state index in [0.29, 0.717) is 12.2 Å². The van der Waals surface area contributed by atoms with Crippen LogP contribution in [0.15, 0.2) is 0 Å². The number of ether oxygens (including phenoxy) is 1. The lowest BCUT2D eigenvalue weighted by Crippen LogP contribution is -2.51. The Bertz CT molecular complexity index is 198. The third-order valence-corrected chi connectivity index (χ3v) is 3.61. The van der Waals surface area contributed by atoms with Gasteiger partial charge in [-0.2, -0.15) is 0 Å². The number of likely N-dealkylation sites (tertiary alicyclic amines) is 1. The maximum absolute atomic E-state index is 5.93. The highest BCUT2D eigenvalue weighted by molar-refractivity contribution is 4.80. The minimum Gasteiger partial charge on any atom is -0.371 e. The highest BCUT2D eigenvalue weighted by atomic mass is 16.5. The Morgan fingerprint density at radius 3 is 2.87 bits per heavy atom. The Balaban J connectivity index is 1.79. The topological polar surface area (TPSA) is 24.5 Å². The Morgan fingerprint density at radius 1 is 1.27 bits per heavy atom. The summed E-state index contributed by atoms with van der Waals surface area (Å²) >= 11 is 0. The molecule has 3 heteroatoms. The molecule has 0 saturated carbocycles. The van der Waals surface area contributed by atoms with Crippen molar-refractivity contribution in [3.63, 3.8) is 0 Å². The summed E-state index contributed by atoms with van der Waals surface area (Å²) in [5.41, 5.74) is 0. The molecule has 2 aliphatic heterocycles. The summed E-state index contributed by atoms with van der Waals surface area (Å²) in [4.78, 5) is 2.59. The van der Waals surface area contributed by atoms with Gasteiger partial charge in [0.2, 0.25) is 0 Å². The first-order valence-electron chi connectivity index (χ1n) is 6.36. The lowest BCUT2D eigenvalue weighted by molar-refractivity contribution is -0.0501. The van der Waals surface area contributed by atoms with Gasteiger partial charge in [0.15, 0.2) is 0 Å². The number of morpholine rings is 1. The predicted molar refractivity (Wildman–Crippen MR) is 62.1 cm³/mol. The number of piperidine rings is 1. The molecule has 2 heterocycles. The van der Waals surface area contributed by atoms with Gasteiger partial charge in [0.25, 0.3) is 0 Å². The van der Waals surface area contributed by atoms with Crippen molar-refractivity contribution in [2.75, 3.05) is 26.2 Å². The highest BCUT2D eigenvalue weighted by Gasteiger charge is 2.25. The minimum atomic E-state index is 0.379. The van der Waals surface area contributed by atoms with Crippen molar-refractivity contribution in [3.05, 3.63) is 0 Å². The van der Waals surface area contributed by atoms with Crippen molar-refractivity contribution >= 4 is 0 Å². The average Bonchev–Trinajstić information content (AvgIpc) is 2.22. The minimum absolute atomic E-state index is 0.379. The van der Waals surface area contributed by atoms with E-state index in [4.69, 9.17) is 4.74 Å². The van der Waals surface area contributed by atoms with Crippen LogP contribution in [0.2, 0.25) is 0 Å². The molecule has 2 rings (SSSR count). The summed E-state index contributed by atoms with van der Waals surface area (Å²) in [5.74, 6) is 0. The van der Waals surface area contributed by atoms with E-state index in [1.165, 1.54) is 25.8 Å². The fraction of sp³-hybridized carbons (Fsp3) is 1.00. The van der Waals surface area contributed by atoms with Gasteiger partial charge in [0, 0.05) is 25.7 Å². The molecule has 0 aromatic heterocycles. The van der Waals surface area contributed by atoms with Crippen molar-refractivity contribution in [1.82, 2.24) is 10.2 Å². The molecule has 1 N–H and O–H groups in total. The van der Waals surface area contributed by atoms with Gasteiger partial charge in [0.05, 0.1) is 12.2 Å². The van der Waals surface area contributed by atoms with Crippen LogP contribution in [0, 0.1) is 0 Å². The van der Waals surface area contributed by atoms with Gasteiger partial charge in [-0.15, -0.1) is 0 Å². The third-order valence-electron chi connectivity index (χ3n) is 3.61. The van der Waals surface area contributed by atoms with E-state index in [2.05, 4.69) is 24.1 Å².